The molecule has 130 valence electrons. The van der Waals surface area contributed by atoms with Gasteiger partial charge in [0.15, 0.2) is 5.57 Å². The van der Waals surface area contributed by atoms with Crippen LogP contribution in [0.3, 0.4) is 0 Å². The number of nitriles is 1. The van der Waals surface area contributed by atoms with E-state index in [0.717, 1.165) is 18.3 Å². The number of carbonyl (C=O) groups is 1. The summed E-state index contributed by atoms with van der Waals surface area (Å²) in [6.07, 6.45) is -1.06. The van der Waals surface area contributed by atoms with Crippen LogP contribution in [0.15, 0.2) is 42.6 Å². The first-order valence-electron chi connectivity index (χ1n) is 6.97. The highest BCUT2D eigenvalue weighted by atomic mass is 19.4. The van der Waals surface area contributed by atoms with E-state index in [-0.39, 0.29) is 23.6 Å². The summed E-state index contributed by atoms with van der Waals surface area (Å²) in [7, 11) is 0. The van der Waals surface area contributed by atoms with Gasteiger partial charge in [-0.2, -0.15) is 23.5 Å². The van der Waals surface area contributed by atoms with E-state index >= 15 is 0 Å². The molecule has 0 radical (unpaired) electrons. The Kier molecular flexibility index (Phi) is 5.38. The fourth-order valence-corrected chi connectivity index (χ4v) is 1.86. The van der Waals surface area contributed by atoms with Gasteiger partial charge in [-0.1, -0.05) is 0 Å². The minimum absolute atomic E-state index is 0.0163. The first kappa shape index (κ1) is 18.0. The largest absolute Gasteiger partial charge is 0.462 e. The maximum Gasteiger partial charge on any atom is 0.416 e. The molecular formula is C15H12F3N5O2. The maximum atomic E-state index is 12.9. The van der Waals surface area contributed by atoms with E-state index in [1.54, 1.807) is 13.0 Å². The Hall–Kier alpha value is -3.35. The van der Waals surface area contributed by atoms with Crippen molar-refractivity contribution < 1.29 is 22.7 Å². The summed E-state index contributed by atoms with van der Waals surface area (Å²) in [6.45, 7) is 1.63. The Morgan fingerprint density at radius 2 is 2.24 bits per heavy atom. The van der Waals surface area contributed by atoms with Gasteiger partial charge in [0.05, 0.1) is 23.5 Å². The van der Waals surface area contributed by atoms with Crippen LogP contribution >= 0.6 is 0 Å². The number of hydrogen-bond donors (Lipinski definition) is 1. The number of ether oxygens (including phenoxy) is 1. The summed E-state index contributed by atoms with van der Waals surface area (Å²) in [6, 6.07) is 4.55. The van der Waals surface area contributed by atoms with Crippen LogP contribution in [0.25, 0.3) is 5.69 Å². The lowest BCUT2D eigenvalue weighted by molar-refractivity contribution is -0.138. The third-order valence-electron chi connectivity index (χ3n) is 2.98. The van der Waals surface area contributed by atoms with E-state index < -0.39 is 17.7 Å². The van der Waals surface area contributed by atoms with Gasteiger partial charge in [-0.25, -0.2) is 14.5 Å². The molecule has 2 aromatic rings. The van der Waals surface area contributed by atoms with Crippen molar-refractivity contribution in [2.24, 2.45) is 0 Å². The molecule has 7 nitrogen and oxygen atoms in total. The number of anilines is 1. The fourth-order valence-electron chi connectivity index (χ4n) is 1.86. The van der Waals surface area contributed by atoms with Gasteiger partial charge in [-0.15, -0.1) is 0 Å². The molecule has 0 atom stereocenters. The number of hydrogen-bond acceptors (Lipinski definition) is 6. The van der Waals surface area contributed by atoms with Gasteiger partial charge >= 0.3 is 12.1 Å². The van der Waals surface area contributed by atoms with Crippen molar-refractivity contribution in [2.75, 3.05) is 11.9 Å². The molecule has 2 rings (SSSR count). The van der Waals surface area contributed by atoms with Crippen LogP contribution in [0.1, 0.15) is 12.5 Å². The van der Waals surface area contributed by atoms with Crippen molar-refractivity contribution in [3.8, 4) is 11.8 Å². The van der Waals surface area contributed by atoms with Crippen LogP contribution < -0.4 is 5.32 Å². The lowest BCUT2D eigenvalue weighted by atomic mass is 10.1. The zero-order valence-corrected chi connectivity index (χ0v) is 12.9. The predicted octanol–water partition coefficient (Wildman–Crippen LogP) is 2.67. The first-order chi connectivity index (χ1) is 11.9. The standard InChI is InChI=1S/C15H12F3N5O2/c1-2-25-14(24)10(6-19)7-21-12-5-11(15(16,17)18)3-4-13(12)23-9-20-8-22-23/h3-5,7-9,21H,2H2,1H3/b10-7+. The van der Waals surface area contributed by atoms with Crippen molar-refractivity contribution >= 4 is 11.7 Å². The number of nitrogens with one attached hydrogen (secondary N) is 1. The van der Waals surface area contributed by atoms with Crippen LogP contribution in [-0.4, -0.2) is 27.3 Å². The molecule has 0 amide bonds. The number of esters is 1. The molecule has 0 aliphatic rings. The third kappa shape index (κ3) is 4.35. The minimum atomic E-state index is -4.56. The highest BCUT2D eigenvalue weighted by Gasteiger charge is 2.31. The molecule has 0 unspecified atom stereocenters. The summed E-state index contributed by atoms with van der Waals surface area (Å²) in [5, 5.41) is 15.4. The molecule has 0 bridgehead atoms. The van der Waals surface area contributed by atoms with Crippen molar-refractivity contribution in [1.29, 1.82) is 5.26 Å². The Labute approximate surface area is 140 Å². The molecule has 25 heavy (non-hydrogen) atoms. The quantitative estimate of drug-likeness (QED) is 0.506. The number of carbonyl (C=O) groups excluding carboxylic acids is 1. The zero-order chi connectivity index (χ0) is 18.4. The highest BCUT2D eigenvalue weighted by molar-refractivity contribution is 5.93. The van der Waals surface area contributed by atoms with Crippen LogP contribution in [0.4, 0.5) is 18.9 Å². The predicted molar refractivity (Wildman–Crippen MR) is 80.3 cm³/mol. The number of benzene rings is 1. The van der Waals surface area contributed by atoms with Gasteiger partial charge in [-0.05, 0) is 25.1 Å². The van der Waals surface area contributed by atoms with Crippen molar-refractivity contribution in [3.05, 3.63) is 48.2 Å². The molecule has 10 heteroatoms. The Balaban J connectivity index is 2.43. The van der Waals surface area contributed by atoms with Crippen molar-refractivity contribution in [2.45, 2.75) is 13.1 Å². The molecule has 1 heterocycles. The smallest absolute Gasteiger partial charge is 0.416 e. The average Bonchev–Trinajstić information content (AvgIpc) is 3.09. The number of aromatic nitrogens is 3. The van der Waals surface area contributed by atoms with Crippen LogP contribution in [-0.2, 0) is 15.7 Å². The molecule has 1 aromatic carbocycles. The van der Waals surface area contributed by atoms with E-state index in [1.807, 2.05) is 0 Å². The molecule has 0 aliphatic carbocycles. The average molecular weight is 351 g/mol. The normalized spacial score (nSPS) is 11.7. The highest BCUT2D eigenvalue weighted by Crippen LogP contribution is 2.33. The summed E-state index contributed by atoms with van der Waals surface area (Å²) in [4.78, 5) is 15.3. The monoisotopic (exact) mass is 351 g/mol. The lowest BCUT2D eigenvalue weighted by Gasteiger charge is -2.13. The molecular weight excluding hydrogens is 339 g/mol. The summed E-state index contributed by atoms with van der Waals surface area (Å²) >= 11 is 0. The SMILES string of the molecule is CCOC(=O)/C(C#N)=C/Nc1cc(C(F)(F)F)ccc1-n1cncn1. The summed E-state index contributed by atoms with van der Waals surface area (Å²) in [5.41, 5.74) is -1.05. The second-order valence-corrected chi connectivity index (χ2v) is 4.60. The van der Waals surface area contributed by atoms with Gasteiger partial charge < -0.3 is 10.1 Å². The van der Waals surface area contributed by atoms with Gasteiger partial charge in [0.25, 0.3) is 0 Å². The third-order valence-corrected chi connectivity index (χ3v) is 2.98. The Morgan fingerprint density at radius 3 is 2.80 bits per heavy atom. The first-order valence-corrected chi connectivity index (χ1v) is 6.97. The van der Waals surface area contributed by atoms with E-state index in [1.165, 1.54) is 23.4 Å². The molecule has 1 N–H and O–H groups in total. The van der Waals surface area contributed by atoms with Crippen molar-refractivity contribution in [3.63, 3.8) is 0 Å². The zero-order valence-electron chi connectivity index (χ0n) is 12.9. The van der Waals surface area contributed by atoms with Gasteiger partial charge in [-0.3, -0.25) is 0 Å². The van der Waals surface area contributed by atoms with Crippen LogP contribution in [0.5, 0.6) is 0 Å². The Morgan fingerprint density at radius 1 is 1.48 bits per heavy atom. The topological polar surface area (TPSA) is 92.8 Å². The van der Waals surface area contributed by atoms with Gasteiger partial charge in [0.2, 0.25) is 0 Å². The van der Waals surface area contributed by atoms with E-state index in [4.69, 9.17) is 5.26 Å². The minimum Gasteiger partial charge on any atom is -0.462 e. The van der Waals surface area contributed by atoms with Gasteiger partial charge in [0, 0.05) is 6.20 Å². The van der Waals surface area contributed by atoms with Gasteiger partial charge in [0.1, 0.15) is 18.7 Å². The molecule has 0 saturated carbocycles. The molecule has 0 saturated heterocycles. The van der Waals surface area contributed by atoms with E-state index in [9.17, 15) is 18.0 Å². The molecule has 0 fully saturated rings. The maximum absolute atomic E-state index is 12.9. The Bertz CT molecular complexity index is 823. The summed E-state index contributed by atoms with van der Waals surface area (Å²) in [5.74, 6) is -0.883. The number of rotatable bonds is 5. The van der Waals surface area contributed by atoms with Crippen LogP contribution in [0, 0.1) is 11.3 Å². The van der Waals surface area contributed by atoms with E-state index in [0.29, 0.717) is 0 Å². The lowest BCUT2D eigenvalue weighted by Crippen LogP contribution is -2.10. The fraction of sp³-hybridized carbons (Fsp3) is 0.200. The second-order valence-electron chi connectivity index (χ2n) is 4.60. The van der Waals surface area contributed by atoms with Crippen LogP contribution in [0.2, 0.25) is 0 Å². The second kappa shape index (κ2) is 7.48. The number of nitrogens with zero attached hydrogens (tertiary/aromatic N) is 4. The number of alkyl halides is 3. The molecule has 1 aromatic heterocycles. The number of halogens is 3. The summed E-state index contributed by atoms with van der Waals surface area (Å²) < 4.78 is 44.7. The molecule has 0 aliphatic heterocycles. The van der Waals surface area contributed by atoms with Crippen molar-refractivity contribution in [1.82, 2.24) is 14.8 Å². The van der Waals surface area contributed by atoms with E-state index in [2.05, 4.69) is 20.1 Å². The molecule has 0 spiro atoms.